The van der Waals surface area contributed by atoms with Crippen molar-refractivity contribution in [2.45, 2.75) is 33.7 Å². The van der Waals surface area contributed by atoms with Crippen LogP contribution in [-0.4, -0.2) is 42.5 Å². The Bertz CT molecular complexity index is 289. The minimum atomic E-state index is -0.448. The average molecular weight is 241 g/mol. The fourth-order valence-corrected chi connectivity index (χ4v) is 1.46. The van der Waals surface area contributed by atoms with Crippen molar-refractivity contribution in [3.05, 3.63) is 12.2 Å². The van der Waals surface area contributed by atoms with Gasteiger partial charge in [0, 0.05) is 13.1 Å². The Kier molecular flexibility index (Phi) is 7.21. The summed E-state index contributed by atoms with van der Waals surface area (Å²) in [5, 5.41) is 4.83. The lowest BCUT2D eigenvalue weighted by molar-refractivity contribution is -0.124. The predicted molar refractivity (Wildman–Crippen MR) is 68.7 cm³/mol. The summed E-state index contributed by atoms with van der Waals surface area (Å²) < 4.78 is 0. The number of rotatable bonds is 6. The van der Waals surface area contributed by atoms with Gasteiger partial charge in [-0.25, -0.2) is 4.79 Å². The molecule has 0 aromatic heterocycles. The Hall–Kier alpha value is -1.36. The summed E-state index contributed by atoms with van der Waals surface area (Å²) in [6.45, 7) is 13.2. The van der Waals surface area contributed by atoms with Crippen LogP contribution in [0.15, 0.2) is 12.2 Å². The molecule has 2 N–H and O–H groups in total. The molecule has 0 aromatic carbocycles. The van der Waals surface area contributed by atoms with E-state index in [1.54, 1.807) is 13.8 Å². The molecule has 17 heavy (non-hydrogen) atoms. The SMILES string of the molecule is C=C(C)CN(CC)C(C)C(=O)NC(=O)NCC. The summed E-state index contributed by atoms with van der Waals surface area (Å²) in [5.74, 6) is -0.293. The lowest BCUT2D eigenvalue weighted by Gasteiger charge is -2.26. The van der Waals surface area contributed by atoms with Crippen LogP contribution >= 0.6 is 0 Å². The van der Waals surface area contributed by atoms with Crippen molar-refractivity contribution in [1.82, 2.24) is 15.5 Å². The number of nitrogens with zero attached hydrogens (tertiary/aromatic N) is 1. The number of hydrogen-bond acceptors (Lipinski definition) is 3. The monoisotopic (exact) mass is 241 g/mol. The summed E-state index contributed by atoms with van der Waals surface area (Å²) >= 11 is 0. The van der Waals surface area contributed by atoms with E-state index in [4.69, 9.17) is 0 Å². The Morgan fingerprint density at radius 3 is 2.35 bits per heavy atom. The van der Waals surface area contributed by atoms with Crippen molar-refractivity contribution >= 4 is 11.9 Å². The van der Waals surface area contributed by atoms with E-state index in [1.165, 1.54) is 0 Å². The van der Waals surface area contributed by atoms with Crippen LogP contribution in [0.25, 0.3) is 0 Å². The number of nitrogens with one attached hydrogen (secondary N) is 2. The Morgan fingerprint density at radius 1 is 1.35 bits per heavy atom. The summed E-state index contributed by atoms with van der Waals surface area (Å²) in [4.78, 5) is 24.9. The van der Waals surface area contributed by atoms with Gasteiger partial charge in [-0.3, -0.25) is 15.0 Å². The van der Waals surface area contributed by atoms with Gasteiger partial charge in [-0.1, -0.05) is 19.1 Å². The maximum atomic E-state index is 11.8. The summed E-state index contributed by atoms with van der Waals surface area (Å²) in [5.41, 5.74) is 0.990. The first-order valence-electron chi connectivity index (χ1n) is 5.89. The van der Waals surface area contributed by atoms with Crippen molar-refractivity contribution in [3.8, 4) is 0 Å². The highest BCUT2D eigenvalue weighted by Crippen LogP contribution is 2.02. The molecule has 0 aromatic rings. The molecule has 3 amide bonds. The molecule has 0 rings (SSSR count). The van der Waals surface area contributed by atoms with Gasteiger partial charge < -0.3 is 5.32 Å². The number of carbonyl (C=O) groups is 2. The summed E-state index contributed by atoms with van der Waals surface area (Å²) in [7, 11) is 0. The van der Waals surface area contributed by atoms with E-state index in [0.29, 0.717) is 13.1 Å². The number of amides is 3. The lowest BCUT2D eigenvalue weighted by atomic mass is 10.2. The van der Waals surface area contributed by atoms with Crippen molar-refractivity contribution in [2.24, 2.45) is 0 Å². The normalized spacial score (nSPS) is 12.1. The van der Waals surface area contributed by atoms with E-state index in [1.807, 2.05) is 18.7 Å². The van der Waals surface area contributed by atoms with E-state index < -0.39 is 6.03 Å². The van der Waals surface area contributed by atoms with Crippen LogP contribution in [0.2, 0.25) is 0 Å². The topological polar surface area (TPSA) is 61.4 Å². The largest absolute Gasteiger partial charge is 0.338 e. The smallest absolute Gasteiger partial charge is 0.321 e. The third kappa shape index (κ3) is 6.06. The molecule has 0 aliphatic heterocycles. The first kappa shape index (κ1) is 15.6. The summed E-state index contributed by atoms with van der Waals surface area (Å²) in [6, 6.07) is -0.796. The Labute approximate surface area is 103 Å². The van der Waals surface area contributed by atoms with Crippen LogP contribution in [-0.2, 0) is 4.79 Å². The number of carbonyl (C=O) groups excluding carboxylic acids is 2. The molecule has 5 nitrogen and oxygen atoms in total. The number of likely N-dealkylation sites (N-methyl/N-ethyl adjacent to an activating group) is 1. The van der Waals surface area contributed by atoms with Crippen molar-refractivity contribution < 1.29 is 9.59 Å². The van der Waals surface area contributed by atoms with Gasteiger partial charge in [-0.15, -0.1) is 0 Å². The van der Waals surface area contributed by atoms with E-state index in [-0.39, 0.29) is 11.9 Å². The van der Waals surface area contributed by atoms with Crippen molar-refractivity contribution in [3.63, 3.8) is 0 Å². The molecule has 1 unspecified atom stereocenters. The highest BCUT2D eigenvalue weighted by atomic mass is 16.2. The fraction of sp³-hybridized carbons (Fsp3) is 0.667. The maximum Gasteiger partial charge on any atom is 0.321 e. The molecule has 0 heterocycles. The third-order valence-electron chi connectivity index (χ3n) is 2.38. The predicted octanol–water partition coefficient (Wildman–Crippen LogP) is 1.12. The van der Waals surface area contributed by atoms with Gasteiger partial charge in [-0.2, -0.15) is 0 Å². The molecule has 0 aliphatic rings. The van der Waals surface area contributed by atoms with E-state index in [9.17, 15) is 9.59 Å². The average Bonchev–Trinajstić information content (AvgIpc) is 2.24. The molecule has 0 bridgehead atoms. The van der Waals surface area contributed by atoms with Gasteiger partial charge in [0.25, 0.3) is 0 Å². The first-order chi connectivity index (χ1) is 7.92. The second-order valence-corrected chi connectivity index (χ2v) is 4.04. The van der Waals surface area contributed by atoms with Crippen LogP contribution in [0.5, 0.6) is 0 Å². The van der Waals surface area contributed by atoms with Crippen molar-refractivity contribution in [1.29, 1.82) is 0 Å². The summed E-state index contributed by atoms with van der Waals surface area (Å²) in [6.07, 6.45) is 0. The first-order valence-corrected chi connectivity index (χ1v) is 5.89. The standard InChI is InChI=1S/C12H23N3O2/c1-6-13-12(17)14-11(16)10(5)15(7-2)8-9(3)4/h10H,3,6-8H2,1-2,4-5H3,(H2,13,14,16,17). The molecular formula is C12H23N3O2. The molecule has 0 radical (unpaired) electrons. The molecule has 1 atom stereocenters. The van der Waals surface area contributed by atoms with E-state index >= 15 is 0 Å². The van der Waals surface area contributed by atoms with Crippen LogP contribution in [0, 0.1) is 0 Å². The van der Waals surface area contributed by atoms with E-state index in [2.05, 4.69) is 17.2 Å². The highest BCUT2D eigenvalue weighted by Gasteiger charge is 2.21. The van der Waals surface area contributed by atoms with Crippen LogP contribution in [0.4, 0.5) is 4.79 Å². The zero-order valence-electron chi connectivity index (χ0n) is 11.2. The third-order valence-corrected chi connectivity index (χ3v) is 2.38. The van der Waals surface area contributed by atoms with Gasteiger partial charge >= 0.3 is 6.03 Å². The number of imide groups is 1. The van der Waals surface area contributed by atoms with Crippen LogP contribution in [0.3, 0.4) is 0 Å². The second-order valence-electron chi connectivity index (χ2n) is 4.04. The minimum Gasteiger partial charge on any atom is -0.338 e. The molecular weight excluding hydrogens is 218 g/mol. The maximum absolute atomic E-state index is 11.8. The zero-order valence-corrected chi connectivity index (χ0v) is 11.2. The van der Waals surface area contributed by atoms with Gasteiger partial charge in [0.2, 0.25) is 5.91 Å². The number of hydrogen-bond donors (Lipinski definition) is 2. The number of urea groups is 1. The molecule has 0 aliphatic carbocycles. The molecule has 0 fully saturated rings. The quantitative estimate of drug-likeness (QED) is 0.685. The molecule has 0 spiro atoms. The Balaban J connectivity index is 4.35. The molecule has 0 saturated heterocycles. The molecule has 98 valence electrons. The van der Waals surface area contributed by atoms with Crippen LogP contribution in [0.1, 0.15) is 27.7 Å². The van der Waals surface area contributed by atoms with E-state index in [0.717, 1.165) is 12.1 Å². The Morgan fingerprint density at radius 2 is 1.94 bits per heavy atom. The lowest BCUT2D eigenvalue weighted by Crippen LogP contribution is -2.49. The second kappa shape index (κ2) is 7.84. The van der Waals surface area contributed by atoms with Gasteiger partial charge in [0.15, 0.2) is 0 Å². The molecule has 0 saturated carbocycles. The van der Waals surface area contributed by atoms with Gasteiger partial charge in [-0.05, 0) is 27.3 Å². The van der Waals surface area contributed by atoms with Crippen molar-refractivity contribution in [2.75, 3.05) is 19.6 Å². The zero-order chi connectivity index (χ0) is 13.4. The highest BCUT2D eigenvalue weighted by molar-refractivity contribution is 5.96. The fourth-order valence-electron chi connectivity index (χ4n) is 1.46. The minimum absolute atomic E-state index is 0.293. The van der Waals surface area contributed by atoms with Gasteiger partial charge in [0.1, 0.15) is 0 Å². The van der Waals surface area contributed by atoms with Gasteiger partial charge in [0.05, 0.1) is 6.04 Å². The molecule has 5 heteroatoms. The van der Waals surface area contributed by atoms with Crippen LogP contribution < -0.4 is 10.6 Å².